The minimum atomic E-state index is -2.97. The number of amides is 1. The summed E-state index contributed by atoms with van der Waals surface area (Å²) in [6, 6.07) is 4.80. The van der Waals surface area contributed by atoms with E-state index >= 15 is 0 Å². The summed E-state index contributed by atoms with van der Waals surface area (Å²) in [6.45, 7) is 1.01. The molecule has 25 heavy (non-hydrogen) atoms. The Morgan fingerprint density at radius 2 is 2.28 bits per heavy atom. The molecule has 0 aromatic heterocycles. The molecule has 1 unspecified atom stereocenters. The van der Waals surface area contributed by atoms with Crippen LogP contribution < -0.4 is 20.1 Å². The van der Waals surface area contributed by atoms with Crippen LogP contribution in [-0.2, 0) is 16.1 Å². The van der Waals surface area contributed by atoms with E-state index in [0.717, 1.165) is 0 Å². The Kier molecular flexibility index (Phi) is 9.48. The minimum absolute atomic E-state index is 0. The van der Waals surface area contributed by atoms with Crippen molar-refractivity contribution in [3.63, 3.8) is 0 Å². The van der Waals surface area contributed by atoms with Gasteiger partial charge in [0.05, 0.1) is 19.8 Å². The summed E-state index contributed by atoms with van der Waals surface area (Å²) in [5.41, 5.74) is 0.433. The number of alkyl halides is 2. The number of carbonyl (C=O) groups excluding carboxylic acids is 1. The van der Waals surface area contributed by atoms with Crippen LogP contribution in [0.15, 0.2) is 18.2 Å². The van der Waals surface area contributed by atoms with Gasteiger partial charge in [0, 0.05) is 31.1 Å². The second kappa shape index (κ2) is 11.1. The molecule has 0 spiro atoms. The highest BCUT2D eigenvalue weighted by molar-refractivity contribution is 5.85. The van der Waals surface area contributed by atoms with Crippen LogP contribution in [0.25, 0.3) is 0 Å². The maximum absolute atomic E-state index is 12.6. The fourth-order valence-electron chi connectivity index (χ4n) is 2.43. The van der Waals surface area contributed by atoms with Crippen molar-refractivity contribution in [2.75, 3.05) is 26.4 Å². The van der Waals surface area contributed by atoms with Crippen molar-refractivity contribution in [1.29, 1.82) is 0 Å². The molecular weight excluding hydrogens is 358 g/mol. The van der Waals surface area contributed by atoms with E-state index in [9.17, 15) is 13.6 Å². The maximum atomic E-state index is 12.6. The molecule has 6 nitrogen and oxygen atoms in total. The molecule has 0 radical (unpaired) electrons. The summed E-state index contributed by atoms with van der Waals surface area (Å²) >= 11 is 0. The number of hydrogen-bond donors (Lipinski definition) is 2. The van der Waals surface area contributed by atoms with Crippen LogP contribution in [0.2, 0.25) is 0 Å². The molecule has 2 N–H and O–H groups in total. The molecule has 1 amide bonds. The Morgan fingerprint density at radius 1 is 1.48 bits per heavy atom. The smallest absolute Gasteiger partial charge is 0.387 e. The predicted molar refractivity (Wildman–Crippen MR) is 90.6 cm³/mol. The molecule has 1 heterocycles. The van der Waals surface area contributed by atoms with E-state index < -0.39 is 6.61 Å². The van der Waals surface area contributed by atoms with Crippen LogP contribution in [0.3, 0.4) is 0 Å². The van der Waals surface area contributed by atoms with E-state index in [1.807, 2.05) is 0 Å². The Morgan fingerprint density at radius 3 is 2.92 bits per heavy atom. The monoisotopic (exact) mass is 380 g/mol. The molecule has 1 atom stereocenters. The quantitative estimate of drug-likeness (QED) is 0.723. The lowest BCUT2D eigenvalue weighted by molar-refractivity contribution is -0.122. The standard InChI is InChI=1S/C16H22F2N2O4.ClH/c1-2-23-13-5-3-4-11(15(13)24-16(17)18)9-20-14(21)8-12-10-22-7-6-19-12;/h3-5,12,16,19H,2,6-10H2,1H3,(H,20,21);1H. The third-order valence-electron chi connectivity index (χ3n) is 3.47. The second-order valence-corrected chi connectivity index (χ2v) is 5.26. The van der Waals surface area contributed by atoms with Gasteiger partial charge < -0.3 is 24.8 Å². The van der Waals surface area contributed by atoms with Crippen molar-refractivity contribution in [1.82, 2.24) is 10.6 Å². The molecule has 1 aromatic rings. The second-order valence-electron chi connectivity index (χ2n) is 5.26. The Labute approximate surface area is 151 Å². The molecule has 0 bridgehead atoms. The van der Waals surface area contributed by atoms with Crippen LogP contribution >= 0.6 is 12.4 Å². The highest BCUT2D eigenvalue weighted by atomic mass is 35.5. The van der Waals surface area contributed by atoms with Crippen molar-refractivity contribution in [3.05, 3.63) is 23.8 Å². The van der Waals surface area contributed by atoms with Crippen LogP contribution in [0.5, 0.6) is 11.5 Å². The maximum Gasteiger partial charge on any atom is 0.387 e. The zero-order valence-corrected chi connectivity index (χ0v) is 14.7. The summed E-state index contributed by atoms with van der Waals surface area (Å²) in [5.74, 6) is -0.0107. The number of hydrogen-bond acceptors (Lipinski definition) is 5. The normalized spacial score (nSPS) is 16.9. The number of para-hydroxylation sites is 1. The Hall–Kier alpha value is -1.64. The van der Waals surface area contributed by atoms with Crippen LogP contribution in [-0.4, -0.2) is 44.9 Å². The van der Waals surface area contributed by atoms with Gasteiger partial charge in [0.25, 0.3) is 0 Å². The van der Waals surface area contributed by atoms with Gasteiger partial charge in [0.2, 0.25) is 5.91 Å². The summed E-state index contributed by atoms with van der Waals surface area (Å²) in [6.07, 6.45) is 0.260. The topological polar surface area (TPSA) is 68.8 Å². The lowest BCUT2D eigenvalue weighted by atomic mass is 10.1. The fourth-order valence-corrected chi connectivity index (χ4v) is 2.43. The largest absolute Gasteiger partial charge is 0.490 e. The van der Waals surface area contributed by atoms with Crippen molar-refractivity contribution in [2.45, 2.75) is 32.5 Å². The van der Waals surface area contributed by atoms with Gasteiger partial charge in [-0.25, -0.2) is 0 Å². The molecule has 1 aliphatic heterocycles. The van der Waals surface area contributed by atoms with Crippen LogP contribution in [0, 0.1) is 0 Å². The fraction of sp³-hybridized carbons (Fsp3) is 0.562. The van der Waals surface area contributed by atoms with Gasteiger partial charge in [-0.3, -0.25) is 4.79 Å². The van der Waals surface area contributed by atoms with Gasteiger partial charge in [-0.2, -0.15) is 8.78 Å². The van der Waals surface area contributed by atoms with E-state index in [0.29, 0.717) is 31.9 Å². The highest BCUT2D eigenvalue weighted by Gasteiger charge is 2.19. The van der Waals surface area contributed by atoms with Crippen molar-refractivity contribution < 1.29 is 27.8 Å². The molecule has 1 fully saturated rings. The molecule has 1 aromatic carbocycles. The van der Waals surface area contributed by atoms with Gasteiger partial charge in [0.1, 0.15) is 0 Å². The molecule has 2 rings (SSSR count). The highest BCUT2D eigenvalue weighted by Crippen LogP contribution is 2.32. The zero-order valence-electron chi connectivity index (χ0n) is 13.9. The Bertz CT molecular complexity index is 543. The molecular formula is C16H23ClF2N2O4. The van der Waals surface area contributed by atoms with Crippen molar-refractivity contribution in [2.24, 2.45) is 0 Å². The average Bonchev–Trinajstić information content (AvgIpc) is 2.56. The van der Waals surface area contributed by atoms with E-state index in [1.54, 1.807) is 25.1 Å². The summed E-state index contributed by atoms with van der Waals surface area (Å²) in [4.78, 5) is 12.0. The number of morpholine rings is 1. The summed E-state index contributed by atoms with van der Waals surface area (Å²) in [5, 5.41) is 5.90. The number of rotatable bonds is 8. The molecule has 1 aliphatic rings. The van der Waals surface area contributed by atoms with Crippen LogP contribution in [0.1, 0.15) is 18.9 Å². The third kappa shape index (κ3) is 7.01. The first-order valence-corrected chi connectivity index (χ1v) is 7.87. The first kappa shape index (κ1) is 21.4. The van der Waals surface area contributed by atoms with Gasteiger partial charge in [-0.05, 0) is 13.0 Å². The minimum Gasteiger partial charge on any atom is -0.490 e. The lowest BCUT2D eigenvalue weighted by Crippen LogP contribution is -2.44. The number of ether oxygens (including phenoxy) is 3. The van der Waals surface area contributed by atoms with Gasteiger partial charge in [-0.1, -0.05) is 12.1 Å². The first-order chi connectivity index (χ1) is 11.6. The number of carbonyl (C=O) groups is 1. The molecule has 1 saturated heterocycles. The van der Waals surface area contributed by atoms with Gasteiger partial charge in [-0.15, -0.1) is 12.4 Å². The molecule has 9 heteroatoms. The Balaban J connectivity index is 0.00000312. The zero-order chi connectivity index (χ0) is 17.4. The third-order valence-corrected chi connectivity index (χ3v) is 3.47. The predicted octanol–water partition coefficient (Wildman–Crippen LogP) is 2.10. The van der Waals surface area contributed by atoms with Gasteiger partial charge in [0.15, 0.2) is 11.5 Å². The average molecular weight is 381 g/mol. The molecule has 0 saturated carbocycles. The van der Waals surface area contributed by atoms with E-state index in [-0.39, 0.29) is 48.8 Å². The van der Waals surface area contributed by atoms with Gasteiger partial charge >= 0.3 is 6.61 Å². The van der Waals surface area contributed by atoms with Crippen molar-refractivity contribution in [3.8, 4) is 11.5 Å². The van der Waals surface area contributed by atoms with Crippen molar-refractivity contribution >= 4 is 18.3 Å². The van der Waals surface area contributed by atoms with E-state index in [1.165, 1.54) is 0 Å². The van der Waals surface area contributed by atoms with Crippen LogP contribution in [0.4, 0.5) is 8.78 Å². The number of halogens is 3. The molecule has 0 aliphatic carbocycles. The summed E-state index contributed by atoms with van der Waals surface area (Å²) < 4.78 is 40.5. The number of benzene rings is 1. The number of nitrogens with one attached hydrogen (secondary N) is 2. The van der Waals surface area contributed by atoms with E-state index in [2.05, 4.69) is 15.4 Å². The summed E-state index contributed by atoms with van der Waals surface area (Å²) in [7, 11) is 0. The first-order valence-electron chi connectivity index (χ1n) is 7.87. The molecule has 142 valence electrons. The van der Waals surface area contributed by atoms with E-state index in [4.69, 9.17) is 9.47 Å². The SMILES string of the molecule is CCOc1cccc(CNC(=O)CC2COCCN2)c1OC(F)F.Cl. The lowest BCUT2D eigenvalue weighted by Gasteiger charge is -2.23.